The number of likely N-dealkylation sites (tertiary alicyclic amines) is 1. The Labute approximate surface area is 109 Å². The van der Waals surface area contributed by atoms with Crippen molar-refractivity contribution in [1.82, 2.24) is 10.1 Å². The summed E-state index contributed by atoms with van der Waals surface area (Å²) in [5.74, 6) is 0.347. The number of nitrogens with zero attached hydrogens (tertiary/aromatic N) is 2. The lowest BCUT2D eigenvalue weighted by atomic mass is 10.00. The molecule has 1 aliphatic rings. The Kier molecular flexibility index (Phi) is 4.20. The molecule has 1 atom stereocenters. The van der Waals surface area contributed by atoms with Crippen LogP contribution in [0.15, 0.2) is 10.6 Å². The number of hydrogen-bond acceptors (Lipinski definition) is 3. The van der Waals surface area contributed by atoms with Gasteiger partial charge in [-0.05, 0) is 32.6 Å². The Morgan fingerprint density at radius 2 is 2.47 bits per heavy atom. The normalized spacial score (nSPS) is 20.6. The molecule has 1 aromatic rings. The van der Waals surface area contributed by atoms with E-state index in [-0.39, 0.29) is 5.91 Å². The van der Waals surface area contributed by atoms with Crippen LogP contribution in [-0.4, -0.2) is 33.9 Å². The summed E-state index contributed by atoms with van der Waals surface area (Å²) in [6.07, 6.45) is 4.37. The molecule has 1 amide bonds. The van der Waals surface area contributed by atoms with E-state index in [9.17, 15) is 4.79 Å². The molecular weight excluding hydrogens is 284 g/mol. The van der Waals surface area contributed by atoms with E-state index < -0.39 is 0 Å². The number of carbonyl (C=O) groups excluding carboxylic acids is 1. The summed E-state index contributed by atoms with van der Waals surface area (Å²) in [4.78, 5) is 14.2. The average molecular weight is 301 g/mol. The molecule has 0 radical (unpaired) electrons. The second kappa shape index (κ2) is 5.67. The maximum Gasteiger partial charge on any atom is 0.292 e. The molecule has 0 aromatic carbocycles. The second-order valence-corrected chi connectivity index (χ2v) is 5.25. The van der Waals surface area contributed by atoms with Crippen molar-refractivity contribution in [1.29, 1.82) is 0 Å². The van der Waals surface area contributed by atoms with Gasteiger partial charge in [0.05, 0.1) is 5.69 Å². The molecule has 2 heterocycles. The SMILES string of the molecule is Cc1cc(C(=O)N2CCCCC2CCBr)on1. The van der Waals surface area contributed by atoms with Crippen LogP contribution in [0.25, 0.3) is 0 Å². The fourth-order valence-corrected chi connectivity index (χ4v) is 2.83. The number of halogens is 1. The van der Waals surface area contributed by atoms with Gasteiger partial charge in [0.25, 0.3) is 5.91 Å². The lowest BCUT2D eigenvalue weighted by molar-refractivity contribution is 0.0568. The van der Waals surface area contributed by atoms with E-state index in [0.29, 0.717) is 11.8 Å². The first kappa shape index (κ1) is 12.6. The first-order valence-electron chi connectivity index (χ1n) is 6.02. The van der Waals surface area contributed by atoms with Gasteiger partial charge < -0.3 is 9.42 Å². The smallest absolute Gasteiger partial charge is 0.292 e. The molecule has 1 saturated heterocycles. The summed E-state index contributed by atoms with van der Waals surface area (Å²) in [7, 11) is 0. The highest BCUT2D eigenvalue weighted by molar-refractivity contribution is 9.09. The van der Waals surface area contributed by atoms with Crippen LogP contribution in [0, 0.1) is 6.92 Å². The van der Waals surface area contributed by atoms with E-state index >= 15 is 0 Å². The van der Waals surface area contributed by atoms with Crippen molar-refractivity contribution in [2.75, 3.05) is 11.9 Å². The van der Waals surface area contributed by atoms with E-state index in [2.05, 4.69) is 21.1 Å². The fraction of sp³-hybridized carbons (Fsp3) is 0.667. The molecule has 5 heteroatoms. The second-order valence-electron chi connectivity index (χ2n) is 4.46. The van der Waals surface area contributed by atoms with E-state index in [0.717, 1.165) is 36.8 Å². The zero-order valence-corrected chi connectivity index (χ0v) is 11.6. The molecule has 0 saturated carbocycles. The van der Waals surface area contributed by atoms with Crippen molar-refractivity contribution in [2.24, 2.45) is 0 Å². The maximum atomic E-state index is 12.3. The minimum atomic E-state index is -0.0174. The van der Waals surface area contributed by atoms with E-state index in [1.807, 2.05) is 11.8 Å². The van der Waals surface area contributed by atoms with Gasteiger partial charge >= 0.3 is 0 Å². The number of piperidine rings is 1. The molecule has 17 heavy (non-hydrogen) atoms. The number of amides is 1. The van der Waals surface area contributed by atoms with Gasteiger partial charge in [-0.15, -0.1) is 0 Å². The zero-order valence-electron chi connectivity index (χ0n) is 9.99. The largest absolute Gasteiger partial charge is 0.351 e. The fourth-order valence-electron chi connectivity index (χ4n) is 2.30. The Morgan fingerprint density at radius 3 is 3.12 bits per heavy atom. The Bertz CT molecular complexity index is 390. The van der Waals surface area contributed by atoms with Crippen molar-refractivity contribution in [2.45, 2.75) is 38.6 Å². The summed E-state index contributed by atoms with van der Waals surface area (Å²) < 4.78 is 5.05. The third-order valence-corrected chi connectivity index (χ3v) is 3.63. The predicted octanol–water partition coefficient (Wildman–Crippen LogP) is 2.76. The van der Waals surface area contributed by atoms with Crippen molar-refractivity contribution >= 4 is 21.8 Å². The number of aromatic nitrogens is 1. The van der Waals surface area contributed by atoms with E-state index in [4.69, 9.17) is 4.52 Å². The molecule has 94 valence electrons. The maximum absolute atomic E-state index is 12.3. The molecule has 1 unspecified atom stereocenters. The van der Waals surface area contributed by atoms with E-state index in [1.54, 1.807) is 6.07 Å². The van der Waals surface area contributed by atoms with Crippen LogP contribution in [0.4, 0.5) is 0 Å². The molecule has 0 bridgehead atoms. The summed E-state index contributed by atoms with van der Waals surface area (Å²) >= 11 is 3.45. The molecule has 2 rings (SSSR count). The first-order valence-corrected chi connectivity index (χ1v) is 7.15. The van der Waals surface area contributed by atoms with Crippen LogP contribution in [0.5, 0.6) is 0 Å². The third-order valence-electron chi connectivity index (χ3n) is 3.17. The van der Waals surface area contributed by atoms with Gasteiger partial charge in [-0.25, -0.2) is 0 Å². The highest BCUT2D eigenvalue weighted by Crippen LogP contribution is 2.22. The van der Waals surface area contributed by atoms with Gasteiger partial charge in [-0.2, -0.15) is 0 Å². The Balaban J connectivity index is 2.10. The summed E-state index contributed by atoms with van der Waals surface area (Å²) in [5.41, 5.74) is 0.752. The molecule has 1 fully saturated rings. The van der Waals surface area contributed by atoms with Crippen molar-refractivity contribution in [3.05, 3.63) is 17.5 Å². The monoisotopic (exact) mass is 300 g/mol. The van der Waals surface area contributed by atoms with Gasteiger partial charge in [-0.3, -0.25) is 4.79 Å². The third kappa shape index (κ3) is 2.89. The van der Waals surface area contributed by atoms with Crippen LogP contribution in [0.2, 0.25) is 0 Å². The van der Waals surface area contributed by atoms with Gasteiger partial charge in [0.2, 0.25) is 5.76 Å². The minimum absolute atomic E-state index is 0.0174. The number of alkyl halides is 1. The molecule has 0 N–H and O–H groups in total. The zero-order chi connectivity index (χ0) is 12.3. The van der Waals surface area contributed by atoms with Crippen LogP contribution >= 0.6 is 15.9 Å². The van der Waals surface area contributed by atoms with Crippen LogP contribution in [-0.2, 0) is 0 Å². The average Bonchev–Trinajstić information content (AvgIpc) is 2.76. The molecular formula is C12H17BrN2O2. The van der Waals surface area contributed by atoms with Gasteiger partial charge in [0.1, 0.15) is 0 Å². The lowest BCUT2D eigenvalue weighted by Gasteiger charge is -2.34. The van der Waals surface area contributed by atoms with Gasteiger partial charge in [-0.1, -0.05) is 21.1 Å². The summed E-state index contributed by atoms with van der Waals surface area (Å²) in [6.45, 7) is 2.66. The first-order chi connectivity index (χ1) is 8.22. The molecule has 0 spiro atoms. The number of rotatable bonds is 3. The Hall–Kier alpha value is -0.840. The molecule has 1 aromatic heterocycles. The van der Waals surface area contributed by atoms with Crippen molar-refractivity contribution in [3.8, 4) is 0 Å². The van der Waals surface area contributed by atoms with E-state index in [1.165, 1.54) is 6.42 Å². The number of carbonyl (C=O) groups is 1. The van der Waals surface area contributed by atoms with Crippen LogP contribution in [0.3, 0.4) is 0 Å². The van der Waals surface area contributed by atoms with Crippen LogP contribution in [0.1, 0.15) is 41.9 Å². The predicted molar refractivity (Wildman–Crippen MR) is 68.3 cm³/mol. The highest BCUT2D eigenvalue weighted by Gasteiger charge is 2.28. The van der Waals surface area contributed by atoms with Gasteiger partial charge in [0, 0.05) is 24.0 Å². The summed E-state index contributed by atoms with van der Waals surface area (Å²) in [5, 5.41) is 4.70. The van der Waals surface area contributed by atoms with Crippen LogP contribution < -0.4 is 0 Å². The number of hydrogen-bond donors (Lipinski definition) is 0. The van der Waals surface area contributed by atoms with Crippen molar-refractivity contribution < 1.29 is 9.32 Å². The lowest BCUT2D eigenvalue weighted by Crippen LogP contribution is -2.43. The molecule has 0 aliphatic carbocycles. The minimum Gasteiger partial charge on any atom is -0.351 e. The summed E-state index contributed by atoms with van der Waals surface area (Å²) in [6, 6.07) is 2.04. The highest BCUT2D eigenvalue weighted by atomic mass is 79.9. The topological polar surface area (TPSA) is 46.3 Å². The quantitative estimate of drug-likeness (QED) is 0.807. The molecule has 4 nitrogen and oxygen atoms in total. The Morgan fingerprint density at radius 1 is 1.65 bits per heavy atom. The number of aryl methyl sites for hydroxylation is 1. The molecule has 1 aliphatic heterocycles. The van der Waals surface area contributed by atoms with Crippen molar-refractivity contribution in [3.63, 3.8) is 0 Å². The van der Waals surface area contributed by atoms with Gasteiger partial charge in [0.15, 0.2) is 0 Å². The standard InChI is InChI=1S/C12H17BrN2O2/c1-9-8-11(17-14-9)12(16)15-7-3-2-4-10(15)5-6-13/h8,10H,2-7H2,1H3.